The highest BCUT2D eigenvalue weighted by Gasteiger charge is 2.41. The van der Waals surface area contributed by atoms with Crippen LogP contribution in [0.4, 0.5) is 10.5 Å². The van der Waals surface area contributed by atoms with Gasteiger partial charge < -0.3 is 15.3 Å². The maximum Gasteiger partial charge on any atom is 0.325 e. The molecule has 0 saturated carbocycles. The molecule has 2 aliphatic heterocycles. The van der Waals surface area contributed by atoms with E-state index in [0.29, 0.717) is 6.54 Å². The van der Waals surface area contributed by atoms with Gasteiger partial charge in [0.25, 0.3) is 0 Å². The number of anilines is 1. The van der Waals surface area contributed by atoms with Gasteiger partial charge >= 0.3 is 12.0 Å². The molecule has 3 N–H and O–H groups in total. The van der Waals surface area contributed by atoms with Crippen molar-refractivity contribution in [2.45, 2.75) is 25.3 Å². The highest BCUT2D eigenvalue weighted by atomic mass is 16.4. The lowest BCUT2D eigenvalue weighted by atomic mass is 9.85. The molecule has 6 nitrogen and oxygen atoms in total. The molecule has 2 heterocycles. The zero-order valence-electron chi connectivity index (χ0n) is 13.0. The Labute approximate surface area is 129 Å². The predicted molar refractivity (Wildman–Crippen MR) is 82.0 cm³/mol. The Kier molecular flexibility index (Phi) is 3.56. The van der Waals surface area contributed by atoms with Crippen LogP contribution in [0.15, 0.2) is 24.3 Å². The highest BCUT2D eigenvalue weighted by molar-refractivity contribution is 5.94. The predicted octanol–water partition coefficient (Wildman–Crippen LogP) is 0.236. The molecule has 0 aliphatic carbocycles. The van der Waals surface area contributed by atoms with E-state index in [-0.39, 0.29) is 12.1 Å². The van der Waals surface area contributed by atoms with Gasteiger partial charge in [0.05, 0.1) is 31.6 Å². The Morgan fingerprint density at radius 3 is 2.59 bits per heavy atom. The molecule has 1 aromatic carbocycles. The molecule has 2 fully saturated rings. The molecule has 22 heavy (non-hydrogen) atoms. The molecule has 6 heteroatoms. The normalized spacial score (nSPS) is 21.9. The molecule has 2 amide bonds. The summed E-state index contributed by atoms with van der Waals surface area (Å²) in [6.07, 6.45) is 0. The number of carboxylic acid groups (broad SMARTS) is 1. The number of nitrogens with zero attached hydrogens (tertiary/aromatic N) is 2. The largest absolute Gasteiger partial charge is 0.481 e. The number of piperazine rings is 1. The second kappa shape index (κ2) is 5.28. The van der Waals surface area contributed by atoms with Crippen LogP contribution in [-0.4, -0.2) is 54.2 Å². The third-order valence-corrected chi connectivity index (χ3v) is 4.76. The van der Waals surface area contributed by atoms with Gasteiger partial charge in [0.2, 0.25) is 0 Å². The molecule has 0 unspecified atom stereocenters. The van der Waals surface area contributed by atoms with Gasteiger partial charge in [0, 0.05) is 5.69 Å². The average molecular weight is 304 g/mol. The molecule has 1 atom stereocenters. The number of nitrogens with two attached hydrogens (primary N) is 1. The van der Waals surface area contributed by atoms with Crippen LogP contribution in [0.1, 0.15) is 19.4 Å². The fourth-order valence-corrected chi connectivity index (χ4v) is 3.12. The van der Waals surface area contributed by atoms with Crippen LogP contribution in [-0.2, 0) is 10.2 Å². The van der Waals surface area contributed by atoms with Crippen LogP contribution in [0, 0.1) is 0 Å². The van der Waals surface area contributed by atoms with Crippen LogP contribution in [0.5, 0.6) is 0 Å². The molecule has 0 spiro atoms. The number of aliphatic carboxylic acids is 1. The first-order valence-electron chi connectivity index (χ1n) is 7.65. The summed E-state index contributed by atoms with van der Waals surface area (Å²) in [5.74, 6) is -0.856. The first-order valence-corrected chi connectivity index (χ1v) is 7.65. The SMILES string of the molecule is CC(C)(C(=O)O)c1ccc(N2C[C@@H]3C[NH2+]CCN3C2=O)cc1. The van der Waals surface area contributed by atoms with Crippen molar-refractivity contribution in [2.24, 2.45) is 0 Å². The number of carbonyl (C=O) groups is 2. The monoisotopic (exact) mass is 304 g/mol. The van der Waals surface area contributed by atoms with E-state index in [4.69, 9.17) is 0 Å². The van der Waals surface area contributed by atoms with E-state index >= 15 is 0 Å². The number of benzene rings is 1. The van der Waals surface area contributed by atoms with Gasteiger partial charge in [-0.15, -0.1) is 0 Å². The molecule has 0 radical (unpaired) electrons. The van der Waals surface area contributed by atoms with Crippen LogP contribution >= 0.6 is 0 Å². The van der Waals surface area contributed by atoms with Gasteiger partial charge in [-0.25, -0.2) is 4.79 Å². The number of rotatable bonds is 3. The Morgan fingerprint density at radius 2 is 2.00 bits per heavy atom. The number of fused-ring (bicyclic) bond motifs is 1. The maximum absolute atomic E-state index is 12.5. The van der Waals surface area contributed by atoms with Crippen LogP contribution in [0.3, 0.4) is 0 Å². The Hall–Kier alpha value is -2.08. The number of hydrogen-bond donors (Lipinski definition) is 2. The second-order valence-electron chi connectivity index (χ2n) is 6.53. The Bertz CT molecular complexity index is 597. The van der Waals surface area contributed by atoms with Crippen LogP contribution < -0.4 is 10.2 Å². The molecule has 0 aromatic heterocycles. The van der Waals surface area contributed by atoms with Crippen molar-refractivity contribution < 1.29 is 20.0 Å². The summed E-state index contributed by atoms with van der Waals surface area (Å²) in [5, 5.41) is 11.5. The van der Waals surface area contributed by atoms with Gasteiger partial charge in [0.1, 0.15) is 6.04 Å². The fourth-order valence-electron chi connectivity index (χ4n) is 3.12. The summed E-state index contributed by atoms with van der Waals surface area (Å²) in [6, 6.07) is 7.64. The summed E-state index contributed by atoms with van der Waals surface area (Å²) < 4.78 is 0. The summed E-state index contributed by atoms with van der Waals surface area (Å²) in [6.45, 7) is 6.78. The summed E-state index contributed by atoms with van der Waals surface area (Å²) in [7, 11) is 0. The molecule has 118 valence electrons. The molecular weight excluding hydrogens is 282 g/mol. The number of urea groups is 1. The van der Waals surface area contributed by atoms with E-state index in [2.05, 4.69) is 5.32 Å². The van der Waals surface area contributed by atoms with E-state index in [1.54, 1.807) is 30.9 Å². The van der Waals surface area contributed by atoms with Crippen molar-refractivity contribution in [1.82, 2.24) is 4.90 Å². The number of amides is 2. The topological polar surface area (TPSA) is 77.5 Å². The highest BCUT2D eigenvalue weighted by Crippen LogP contribution is 2.28. The van der Waals surface area contributed by atoms with E-state index in [1.165, 1.54) is 0 Å². The van der Waals surface area contributed by atoms with Crippen molar-refractivity contribution >= 4 is 17.7 Å². The molecular formula is C16H22N3O3+. The molecule has 0 bridgehead atoms. The lowest BCUT2D eigenvalue weighted by Gasteiger charge is -2.25. The number of carbonyl (C=O) groups excluding carboxylic acids is 1. The first kappa shape index (κ1) is 14.8. The zero-order chi connectivity index (χ0) is 15.9. The quantitative estimate of drug-likeness (QED) is 0.839. The van der Waals surface area contributed by atoms with E-state index in [9.17, 15) is 14.7 Å². The molecule has 2 aliphatic rings. The minimum absolute atomic E-state index is 0.0587. The second-order valence-corrected chi connectivity index (χ2v) is 6.53. The van der Waals surface area contributed by atoms with Crippen LogP contribution in [0.2, 0.25) is 0 Å². The lowest BCUT2D eigenvalue weighted by Crippen LogP contribution is -2.91. The van der Waals surface area contributed by atoms with E-state index < -0.39 is 11.4 Å². The summed E-state index contributed by atoms with van der Waals surface area (Å²) in [5.41, 5.74) is 0.644. The smallest absolute Gasteiger partial charge is 0.325 e. The van der Waals surface area contributed by atoms with E-state index in [0.717, 1.165) is 30.9 Å². The zero-order valence-corrected chi connectivity index (χ0v) is 13.0. The van der Waals surface area contributed by atoms with Gasteiger partial charge in [-0.05, 0) is 31.5 Å². The van der Waals surface area contributed by atoms with Crippen molar-refractivity contribution in [2.75, 3.05) is 31.1 Å². The van der Waals surface area contributed by atoms with Crippen LogP contribution in [0.25, 0.3) is 0 Å². The van der Waals surface area contributed by atoms with E-state index in [1.807, 2.05) is 17.0 Å². The van der Waals surface area contributed by atoms with Gasteiger partial charge in [-0.3, -0.25) is 9.69 Å². The number of carboxylic acids is 1. The van der Waals surface area contributed by atoms with Gasteiger partial charge in [0.15, 0.2) is 0 Å². The standard InChI is InChI=1S/C16H21N3O3/c1-16(2,14(20)21)11-3-5-12(6-4-11)19-10-13-9-17-7-8-18(13)15(19)22/h3-6,13,17H,7-10H2,1-2H3,(H,20,21)/p+1/t13-/m0/s1. The van der Waals surface area contributed by atoms with Crippen molar-refractivity contribution in [3.63, 3.8) is 0 Å². The number of quaternary nitrogens is 1. The first-order chi connectivity index (χ1) is 10.4. The van der Waals surface area contributed by atoms with Crippen molar-refractivity contribution in [3.8, 4) is 0 Å². The third-order valence-electron chi connectivity index (χ3n) is 4.76. The average Bonchev–Trinajstić information content (AvgIpc) is 2.85. The summed E-state index contributed by atoms with van der Waals surface area (Å²) in [4.78, 5) is 27.5. The molecule has 3 rings (SSSR count). The molecule has 1 aromatic rings. The number of hydrogen-bond acceptors (Lipinski definition) is 2. The Morgan fingerprint density at radius 1 is 1.32 bits per heavy atom. The van der Waals surface area contributed by atoms with Gasteiger partial charge in [-0.2, -0.15) is 0 Å². The van der Waals surface area contributed by atoms with Gasteiger partial charge in [-0.1, -0.05) is 12.1 Å². The lowest BCUT2D eigenvalue weighted by molar-refractivity contribution is -0.666. The fraction of sp³-hybridized carbons (Fsp3) is 0.500. The maximum atomic E-state index is 12.5. The molecule has 2 saturated heterocycles. The van der Waals surface area contributed by atoms with Crippen molar-refractivity contribution in [1.29, 1.82) is 0 Å². The summed E-state index contributed by atoms with van der Waals surface area (Å²) >= 11 is 0. The van der Waals surface area contributed by atoms with Crippen molar-refractivity contribution in [3.05, 3.63) is 29.8 Å². The Balaban J connectivity index is 1.82. The third kappa shape index (κ3) is 2.33. The minimum Gasteiger partial charge on any atom is -0.481 e. The minimum atomic E-state index is -0.931.